The van der Waals surface area contributed by atoms with Gasteiger partial charge < -0.3 is 31.1 Å². The number of para-hydroxylation sites is 1. The number of carbonyl (C=O) groups is 2. The molecule has 1 aromatic heterocycles. The summed E-state index contributed by atoms with van der Waals surface area (Å²) in [6.07, 6.45) is -0.347. The summed E-state index contributed by atoms with van der Waals surface area (Å²) in [5.74, 6) is -0.916. The predicted octanol–water partition coefficient (Wildman–Crippen LogP) is -2.75. The number of nitrogens with two attached hydrogens (primary N) is 2. The molecule has 0 saturated carbocycles. The molecule has 0 aliphatic carbocycles. The summed E-state index contributed by atoms with van der Waals surface area (Å²) in [5, 5.41) is 20.5. The Morgan fingerprint density at radius 3 is 2.80 bits per heavy atom. The summed E-state index contributed by atoms with van der Waals surface area (Å²) < 4.78 is 19.4. The van der Waals surface area contributed by atoms with Crippen LogP contribution in [0.2, 0.25) is 0 Å². The van der Waals surface area contributed by atoms with Gasteiger partial charge in [-0.15, -0.1) is 0 Å². The number of benzene rings is 1. The van der Waals surface area contributed by atoms with Crippen molar-refractivity contribution in [3.05, 3.63) is 59.2 Å². The van der Waals surface area contributed by atoms with E-state index in [1.54, 1.807) is 11.0 Å². The van der Waals surface area contributed by atoms with Gasteiger partial charge in [-0.2, -0.15) is 4.39 Å². The number of hydrogen-bond donors (Lipinski definition) is 7. The van der Waals surface area contributed by atoms with Crippen LogP contribution in [0.1, 0.15) is 46.7 Å². The van der Waals surface area contributed by atoms with Crippen molar-refractivity contribution in [3.8, 4) is 5.75 Å². The Hall–Kier alpha value is -4.46. The first-order valence-electron chi connectivity index (χ1n) is 13.5. The molecule has 5 atom stereocenters. The number of aliphatic hydroxyl groups excluding tert-OH is 1. The monoisotopic (exact) mass is 566 g/mol. The molecule has 41 heavy (non-hydrogen) atoms. The number of pyridine rings is 1. The number of fused-ring (bicyclic) bond motifs is 1. The number of nitrogens with one attached hydrogen (secondary N) is 4. The highest BCUT2D eigenvalue weighted by atomic mass is 19.1. The molecule has 2 amide bonds. The Bertz CT molecular complexity index is 1480. The number of hydrogen-bond acceptors (Lipinski definition) is 10. The Labute approximate surface area is 235 Å². The molecule has 14 heteroatoms. The van der Waals surface area contributed by atoms with E-state index >= 15 is 0 Å². The minimum Gasteiger partial charge on any atom is -0.492 e. The van der Waals surface area contributed by atoms with Crippen molar-refractivity contribution in [2.45, 2.75) is 55.6 Å². The third-order valence-corrected chi connectivity index (χ3v) is 8.44. The summed E-state index contributed by atoms with van der Waals surface area (Å²) in [6, 6.07) is 7.36. The molecule has 13 nitrogen and oxygen atoms in total. The van der Waals surface area contributed by atoms with Crippen molar-refractivity contribution >= 4 is 23.7 Å². The highest BCUT2D eigenvalue weighted by Crippen LogP contribution is 2.41. The summed E-state index contributed by atoms with van der Waals surface area (Å²) in [4.78, 5) is 39.1. The first kappa shape index (κ1) is 26.7. The molecular formula is C27H33FN9O4+. The lowest BCUT2D eigenvalue weighted by Gasteiger charge is -2.43. The van der Waals surface area contributed by atoms with Crippen LogP contribution < -0.4 is 37.1 Å². The number of aromatic nitrogens is 1. The van der Waals surface area contributed by atoms with Crippen molar-refractivity contribution in [1.82, 2.24) is 25.8 Å². The molecular weight excluding hydrogens is 533 g/mol. The average Bonchev–Trinajstić information content (AvgIpc) is 3.43. The molecule has 9 N–H and O–H groups in total. The molecule has 216 valence electrons. The Balaban J connectivity index is 1.23. The van der Waals surface area contributed by atoms with E-state index < -0.39 is 41.7 Å². The lowest BCUT2D eigenvalue weighted by atomic mass is 9.79. The zero-order chi connectivity index (χ0) is 29.1. The molecule has 2 aromatic rings. The van der Waals surface area contributed by atoms with Crippen LogP contribution in [0.4, 0.5) is 4.39 Å². The highest BCUT2D eigenvalue weighted by molar-refractivity contribution is 5.98. The molecule has 0 bridgehead atoms. The molecule has 2 unspecified atom stereocenters. The molecule has 4 aliphatic rings. The van der Waals surface area contributed by atoms with E-state index in [2.05, 4.69) is 44.8 Å². The number of ether oxygens (including phenoxy) is 1. The van der Waals surface area contributed by atoms with Gasteiger partial charge in [0.1, 0.15) is 23.6 Å². The fraction of sp³-hybridized carbons (Fsp3) is 0.444. The number of amides is 2. The van der Waals surface area contributed by atoms with Crippen LogP contribution in [-0.4, -0.2) is 88.3 Å². The van der Waals surface area contributed by atoms with Gasteiger partial charge in [-0.3, -0.25) is 20.3 Å². The van der Waals surface area contributed by atoms with Crippen molar-refractivity contribution < 1.29 is 28.8 Å². The molecule has 1 spiro atoms. The van der Waals surface area contributed by atoms with Crippen LogP contribution in [0.5, 0.6) is 5.75 Å². The van der Waals surface area contributed by atoms with E-state index in [9.17, 15) is 19.1 Å². The molecule has 4 aliphatic heterocycles. The fourth-order valence-electron chi connectivity index (χ4n) is 6.31. The van der Waals surface area contributed by atoms with Crippen molar-refractivity contribution in [2.24, 2.45) is 16.5 Å². The Morgan fingerprint density at radius 2 is 2.02 bits per heavy atom. The van der Waals surface area contributed by atoms with Crippen LogP contribution in [0.15, 0.2) is 41.4 Å². The van der Waals surface area contributed by atoms with E-state index in [0.717, 1.165) is 18.1 Å². The molecule has 5 heterocycles. The predicted molar refractivity (Wildman–Crippen MR) is 145 cm³/mol. The summed E-state index contributed by atoms with van der Waals surface area (Å²) in [7, 11) is 0. The fourth-order valence-corrected chi connectivity index (χ4v) is 6.31. The van der Waals surface area contributed by atoms with Crippen LogP contribution in [0.25, 0.3) is 0 Å². The Kier molecular flexibility index (Phi) is 6.25. The number of halogens is 1. The largest absolute Gasteiger partial charge is 0.492 e. The number of aliphatic hydroxyl groups is 1. The summed E-state index contributed by atoms with van der Waals surface area (Å²) >= 11 is 0. The third-order valence-electron chi connectivity index (χ3n) is 8.44. The van der Waals surface area contributed by atoms with Gasteiger partial charge in [0.05, 0.1) is 18.2 Å². The molecule has 1 fully saturated rings. The lowest BCUT2D eigenvalue weighted by Crippen LogP contribution is -2.88. The van der Waals surface area contributed by atoms with Gasteiger partial charge in [0.25, 0.3) is 11.8 Å². The van der Waals surface area contributed by atoms with Gasteiger partial charge in [-0.05, 0) is 30.0 Å². The normalized spacial score (nSPS) is 29.1. The number of carbonyl (C=O) groups excluding carboxylic acids is 2. The van der Waals surface area contributed by atoms with E-state index in [-0.39, 0.29) is 42.0 Å². The topological polar surface area (TPSA) is 194 Å². The summed E-state index contributed by atoms with van der Waals surface area (Å²) in [6.45, 7) is 4.87. The van der Waals surface area contributed by atoms with Gasteiger partial charge in [0.15, 0.2) is 12.0 Å². The van der Waals surface area contributed by atoms with Crippen molar-refractivity contribution in [1.29, 1.82) is 0 Å². The smallest absolute Gasteiger partial charge is 0.343 e. The Morgan fingerprint density at radius 1 is 1.24 bits per heavy atom. The van der Waals surface area contributed by atoms with Gasteiger partial charge >= 0.3 is 5.96 Å². The van der Waals surface area contributed by atoms with Gasteiger partial charge in [0.2, 0.25) is 11.6 Å². The number of aliphatic imine (C=N–C) groups is 1. The van der Waals surface area contributed by atoms with E-state index in [4.69, 9.17) is 16.2 Å². The van der Waals surface area contributed by atoms with E-state index in [1.807, 2.05) is 12.1 Å². The second kappa shape index (κ2) is 9.58. The number of guanidine groups is 2. The second-order valence-electron chi connectivity index (χ2n) is 11.4. The maximum absolute atomic E-state index is 13.5. The molecule has 0 radical (unpaired) electrons. The van der Waals surface area contributed by atoms with Gasteiger partial charge in [-0.25, -0.2) is 15.3 Å². The molecule has 1 saturated heterocycles. The molecule has 6 rings (SSSR count). The SMILES string of the molecule is CC1(C)CCOc2c(C(=O)N[C@@H]3CN4C(N)=N[C@@H](CNC(=O)c5cccc(F)n5)C5[NH+]=C(N)NC54[C@@H]3O)cccc21. The van der Waals surface area contributed by atoms with Crippen molar-refractivity contribution in [2.75, 3.05) is 19.7 Å². The maximum atomic E-state index is 13.5. The van der Waals surface area contributed by atoms with Gasteiger partial charge in [0, 0.05) is 18.7 Å². The molecule has 1 aromatic carbocycles. The first-order chi connectivity index (χ1) is 19.5. The zero-order valence-electron chi connectivity index (χ0n) is 22.6. The quantitative estimate of drug-likeness (QED) is 0.188. The standard InChI is InChI=1S/C27H32FN9O4/c1-26(2)9-10-41-19-13(5-3-6-14(19)26)22(39)33-17-12-37-25(30)34-16(20-27(37,21(17)38)36-24(29)35-20)11-31-23(40)15-7-4-8-18(28)32-15/h3-8,16-17,20-21,38H,9-12H2,1-2H3,(H2,30,34)(H,31,40)(H,33,39)(H3,29,35,36)/p+1/t16-,17+,20?,21+,27?/m0/s1. The minimum atomic E-state index is -1.25. The average molecular weight is 567 g/mol. The van der Waals surface area contributed by atoms with Gasteiger partial charge in [-0.1, -0.05) is 32.0 Å². The van der Waals surface area contributed by atoms with E-state index in [1.165, 1.54) is 12.1 Å². The zero-order valence-corrected chi connectivity index (χ0v) is 22.6. The number of nitrogens with zero attached hydrogens (tertiary/aromatic N) is 3. The summed E-state index contributed by atoms with van der Waals surface area (Å²) in [5.41, 5.74) is 12.4. The third kappa shape index (κ3) is 4.29. The van der Waals surface area contributed by atoms with Crippen LogP contribution in [0, 0.1) is 5.95 Å². The number of rotatable bonds is 5. The lowest BCUT2D eigenvalue weighted by molar-refractivity contribution is -0.513. The minimum absolute atomic E-state index is 0.00698. The highest BCUT2D eigenvalue weighted by Gasteiger charge is 2.68. The van der Waals surface area contributed by atoms with E-state index in [0.29, 0.717) is 17.9 Å². The van der Waals surface area contributed by atoms with Crippen molar-refractivity contribution in [3.63, 3.8) is 0 Å². The van der Waals surface area contributed by atoms with Crippen LogP contribution in [-0.2, 0) is 5.41 Å². The second-order valence-corrected chi connectivity index (χ2v) is 11.4. The maximum Gasteiger partial charge on any atom is 0.343 e. The van der Waals surface area contributed by atoms with Crippen LogP contribution in [0.3, 0.4) is 0 Å². The first-order valence-corrected chi connectivity index (χ1v) is 13.5. The van der Waals surface area contributed by atoms with Crippen LogP contribution >= 0.6 is 0 Å².